The van der Waals surface area contributed by atoms with Crippen molar-refractivity contribution in [3.8, 4) is 0 Å². The summed E-state index contributed by atoms with van der Waals surface area (Å²) in [6.45, 7) is 10.6. The van der Waals surface area contributed by atoms with Gasteiger partial charge < -0.3 is 0 Å². The summed E-state index contributed by atoms with van der Waals surface area (Å²) in [6, 6.07) is 10.4. The second-order valence-corrected chi connectivity index (χ2v) is 8.01. The highest BCUT2D eigenvalue weighted by molar-refractivity contribution is 7.94. The van der Waals surface area contributed by atoms with Gasteiger partial charge in [0.25, 0.3) is 10.0 Å². The molecular formula is C16H13N3O2S2. The number of thiophene rings is 1. The number of fused-ring (bicyclic) bond motifs is 1. The zero-order valence-corrected chi connectivity index (χ0v) is 14.1. The van der Waals surface area contributed by atoms with Crippen LogP contribution in [0.25, 0.3) is 14.9 Å². The van der Waals surface area contributed by atoms with Crippen LogP contribution in [0.5, 0.6) is 0 Å². The van der Waals surface area contributed by atoms with Gasteiger partial charge in [-0.3, -0.25) is 4.72 Å². The van der Waals surface area contributed by atoms with Gasteiger partial charge in [-0.1, -0.05) is 18.2 Å². The number of pyridine rings is 1. The molecule has 0 aliphatic rings. The number of aryl methyl sites for hydroxylation is 2. The first-order valence-corrected chi connectivity index (χ1v) is 9.08. The molecular weight excluding hydrogens is 330 g/mol. The predicted octanol–water partition coefficient (Wildman–Crippen LogP) is 4.26. The lowest BCUT2D eigenvalue weighted by atomic mass is 10.2. The molecule has 5 nitrogen and oxygen atoms in total. The van der Waals surface area contributed by atoms with E-state index < -0.39 is 10.0 Å². The molecule has 2 aromatic heterocycles. The van der Waals surface area contributed by atoms with Gasteiger partial charge in [0.15, 0.2) is 5.69 Å². The maximum Gasteiger partial charge on any atom is 0.272 e. The smallest absolute Gasteiger partial charge is 0.263 e. The Hall–Kier alpha value is -2.43. The molecule has 7 heteroatoms. The molecule has 0 atom stereocenters. The third-order valence-electron chi connectivity index (χ3n) is 3.38. The minimum absolute atomic E-state index is 0.248. The summed E-state index contributed by atoms with van der Waals surface area (Å²) >= 11 is 1.19. The summed E-state index contributed by atoms with van der Waals surface area (Å²) in [5.41, 5.74) is 1.88. The van der Waals surface area contributed by atoms with E-state index in [-0.39, 0.29) is 4.21 Å². The van der Waals surface area contributed by atoms with Gasteiger partial charge in [0.05, 0.1) is 6.57 Å². The van der Waals surface area contributed by atoms with Crippen LogP contribution in [-0.2, 0) is 10.0 Å². The van der Waals surface area contributed by atoms with Crippen LogP contribution >= 0.6 is 11.3 Å². The fourth-order valence-electron chi connectivity index (χ4n) is 2.30. The van der Waals surface area contributed by atoms with Gasteiger partial charge >= 0.3 is 0 Å². The number of nitrogens with zero attached hydrogens (tertiary/aromatic N) is 2. The Labute approximate surface area is 138 Å². The largest absolute Gasteiger partial charge is 0.272 e. The highest BCUT2D eigenvalue weighted by atomic mass is 32.2. The summed E-state index contributed by atoms with van der Waals surface area (Å²) in [4.78, 5) is 7.56. The molecule has 0 bridgehead atoms. The van der Waals surface area contributed by atoms with Crippen molar-refractivity contribution in [2.45, 2.75) is 18.1 Å². The maximum atomic E-state index is 12.7. The molecule has 0 aliphatic heterocycles. The molecule has 0 spiro atoms. The van der Waals surface area contributed by atoms with E-state index >= 15 is 0 Å². The average molecular weight is 343 g/mol. The van der Waals surface area contributed by atoms with Crippen molar-refractivity contribution < 1.29 is 8.42 Å². The molecule has 1 N–H and O–H groups in total. The zero-order valence-electron chi connectivity index (χ0n) is 12.5. The van der Waals surface area contributed by atoms with Crippen LogP contribution in [0.15, 0.2) is 40.6 Å². The second kappa shape index (κ2) is 5.65. The van der Waals surface area contributed by atoms with Gasteiger partial charge in [-0.15, -0.1) is 11.3 Å². The van der Waals surface area contributed by atoms with Crippen molar-refractivity contribution in [1.29, 1.82) is 0 Å². The van der Waals surface area contributed by atoms with E-state index in [0.717, 1.165) is 15.8 Å². The van der Waals surface area contributed by atoms with Gasteiger partial charge in [0.2, 0.25) is 0 Å². The lowest BCUT2D eigenvalue weighted by Crippen LogP contribution is -2.13. The molecule has 0 fully saturated rings. The van der Waals surface area contributed by atoms with Crippen molar-refractivity contribution in [2.75, 3.05) is 4.72 Å². The van der Waals surface area contributed by atoms with Crippen LogP contribution in [-0.4, -0.2) is 13.4 Å². The standard InChI is InChI=1S/C16H13N3O2S2/c1-10-5-4-6-15(18-10)19-23(20,21)16-11(2)13-9-12(17-3)7-8-14(13)22-16/h4-9H,1-2H3,(H,18,19). The van der Waals surface area contributed by atoms with Crippen LogP contribution in [0.4, 0.5) is 11.5 Å². The number of rotatable bonds is 3. The van der Waals surface area contributed by atoms with Crippen LogP contribution < -0.4 is 4.72 Å². The van der Waals surface area contributed by atoms with E-state index in [1.54, 1.807) is 50.2 Å². The summed E-state index contributed by atoms with van der Waals surface area (Å²) in [5, 5.41) is 0.793. The van der Waals surface area contributed by atoms with Gasteiger partial charge in [-0.05, 0) is 43.0 Å². The van der Waals surface area contributed by atoms with E-state index in [1.165, 1.54) is 11.3 Å². The van der Waals surface area contributed by atoms with Gasteiger partial charge in [0, 0.05) is 10.4 Å². The third-order valence-corrected chi connectivity index (χ3v) is 6.62. The minimum Gasteiger partial charge on any atom is -0.263 e. The number of aromatic nitrogens is 1. The fraction of sp³-hybridized carbons (Fsp3) is 0.125. The van der Waals surface area contributed by atoms with Crippen LogP contribution in [0.1, 0.15) is 11.3 Å². The first-order valence-electron chi connectivity index (χ1n) is 6.78. The van der Waals surface area contributed by atoms with E-state index in [2.05, 4.69) is 14.6 Å². The van der Waals surface area contributed by atoms with Gasteiger partial charge in [-0.2, -0.15) is 0 Å². The van der Waals surface area contributed by atoms with Gasteiger partial charge in [0.1, 0.15) is 10.0 Å². The first kappa shape index (κ1) is 15.5. The van der Waals surface area contributed by atoms with Crippen molar-refractivity contribution in [3.63, 3.8) is 0 Å². The van der Waals surface area contributed by atoms with Crippen molar-refractivity contribution in [2.24, 2.45) is 0 Å². The van der Waals surface area contributed by atoms with Crippen LogP contribution in [0.3, 0.4) is 0 Å². The average Bonchev–Trinajstić information content (AvgIpc) is 2.84. The zero-order chi connectivity index (χ0) is 16.6. The van der Waals surface area contributed by atoms with E-state index in [9.17, 15) is 8.42 Å². The Kier molecular flexibility index (Phi) is 3.80. The van der Waals surface area contributed by atoms with Crippen molar-refractivity contribution in [1.82, 2.24) is 4.98 Å². The van der Waals surface area contributed by atoms with Gasteiger partial charge in [-0.25, -0.2) is 18.2 Å². The van der Waals surface area contributed by atoms with Crippen molar-refractivity contribution in [3.05, 3.63) is 59.1 Å². The van der Waals surface area contributed by atoms with Crippen LogP contribution in [0.2, 0.25) is 0 Å². The Balaban J connectivity index is 2.08. The predicted molar refractivity (Wildman–Crippen MR) is 92.6 cm³/mol. The van der Waals surface area contributed by atoms with Crippen molar-refractivity contribution >= 4 is 43.0 Å². The molecule has 116 valence electrons. The van der Waals surface area contributed by atoms with E-state index in [4.69, 9.17) is 6.57 Å². The summed E-state index contributed by atoms with van der Waals surface area (Å²) in [6.07, 6.45) is 0. The Morgan fingerprint density at radius 2 is 2.00 bits per heavy atom. The molecule has 3 rings (SSSR count). The molecule has 2 heterocycles. The summed E-state index contributed by atoms with van der Waals surface area (Å²) in [5.74, 6) is 0.295. The molecule has 0 saturated carbocycles. The highest BCUT2D eigenvalue weighted by Crippen LogP contribution is 2.36. The first-order chi connectivity index (χ1) is 10.9. The Morgan fingerprint density at radius 3 is 2.70 bits per heavy atom. The normalized spacial score (nSPS) is 11.3. The summed E-state index contributed by atoms with van der Waals surface area (Å²) < 4.78 is 28.9. The highest BCUT2D eigenvalue weighted by Gasteiger charge is 2.22. The number of sulfonamides is 1. The molecule has 0 aliphatic carbocycles. The molecule has 0 unspecified atom stereocenters. The number of hydrogen-bond donors (Lipinski definition) is 1. The molecule has 0 saturated heterocycles. The topological polar surface area (TPSA) is 63.4 Å². The van der Waals surface area contributed by atoms with Crippen LogP contribution in [0, 0.1) is 20.4 Å². The fourth-order valence-corrected chi connectivity index (χ4v) is 5.05. The van der Waals surface area contributed by atoms with E-state index in [0.29, 0.717) is 17.1 Å². The third kappa shape index (κ3) is 2.91. The quantitative estimate of drug-likeness (QED) is 0.723. The molecule has 0 amide bonds. The second-order valence-electron chi connectivity index (χ2n) is 5.08. The molecule has 1 aromatic carbocycles. The lowest BCUT2D eigenvalue weighted by Gasteiger charge is -2.07. The Bertz CT molecular complexity index is 1050. The minimum atomic E-state index is -3.71. The number of hydrogen-bond acceptors (Lipinski definition) is 4. The molecule has 0 radical (unpaired) electrons. The lowest BCUT2D eigenvalue weighted by molar-refractivity contribution is 0.602. The number of anilines is 1. The molecule has 23 heavy (non-hydrogen) atoms. The maximum absolute atomic E-state index is 12.7. The SMILES string of the molecule is [C-]#[N+]c1ccc2sc(S(=O)(=O)Nc3cccc(C)n3)c(C)c2c1. The number of benzene rings is 1. The summed E-state index contributed by atoms with van der Waals surface area (Å²) in [7, 11) is -3.71. The van der Waals surface area contributed by atoms with E-state index in [1.807, 2.05) is 0 Å². The number of nitrogens with one attached hydrogen (secondary N) is 1. The Morgan fingerprint density at radius 1 is 1.22 bits per heavy atom. The molecule has 3 aromatic rings. The monoisotopic (exact) mass is 343 g/mol.